The van der Waals surface area contributed by atoms with E-state index in [9.17, 15) is 15.3 Å². The van der Waals surface area contributed by atoms with Gasteiger partial charge in [-0.25, -0.2) is 4.79 Å². The van der Waals surface area contributed by atoms with Gasteiger partial charge in [-0.3, -0.25) is 0 Å². The number of nitrogens with zero attached hydrogens (tertiary/aromatic N) is 3. The lowest BCUT2D eigenvalue weighted by molar-refractivity contribution is -0.148. The molecule has 0 fully saturated rings. The number of carbonyl (C=O) groups is 1. The highest BCUT2D eigenvalue weighted by molar-refractivity contribution is 5.80. The van der Waals surface area contributed by atoms with Crippen molar-refractivity contribution in [1.29, 1.82) is 10.5 Å². The normalized spacial score (nSPS) is 18.3. The summed E-state index contributed by atoms with van der Waals surface area (Å²) in [5, 5.41) is 19.2. The lowest BCUT2D eigenvalue weighted by atomic mass is 9.86. The SMILES string of the molecule is CCOC(=O)C1C(c2ccc(-c3ccccc3C#N)cc2)C(C#N)=C(CC)N1C. The summed E-state index contributed by atoms with van der Waals surface area (Å²) in [4.78, 5) is 14.6. The van der Waals surface area contributed by atoms with E-state index in [1.54, 1.807) is 13.0 Å². The van der Waals surface area contributed by atoms with Crippen molar-refractivity contribution in [1.82, 2.24) is 4.90 Å². The van der Waals surface area contributed by atoms with Crippen LogP contribution in [0.5, 0.6) is 0 Å². The van der Waals surface area contributed by atoms with Crippen molar-refractivity contribution in [3.05, 3.63) is 70.9 Å². The molecule has 1 heterocycles. The highest BCUT2D eigenvalue weighted by atomic mass is 16.5. The van der Waals surface area contributed by atoms with E-state index in [0.29, 0.717) is 24.2 Å². The smallest absolute Gasteiger partial charge is 0.329 e. The summed E-state index contributed by atoms with van der Waals surface area (Å²) in [5.74, 6) is -0.700. The van der Waals surface area contributed by atoms with E-state index >= 15 is 0 Å². The first kappa shape index (κ1) is 20.2. The zero-order valence-corrected chi connectivity index (χ0v) is 16.8. The number of benzene rings is 2. The molecule has 0 aliphatic carbocycles. The molecular formula is C24H23N3O2. The Morgan fingerprint density at radius 1 is 1.07 bits per heavy atom. The third kappa shape index (κ3) is 3.60. The summed E-state index contributed by atoms with van der Waals surface area (Å²) in [5.41, 5.74) is 4.75. The predicted molar refractivity (Wildman–Crippen MR) is 110 cm³/mol. The molecular weight excluding hydrogens is 362 g/mol. The third-order valence-corrected chi connectivity index (χ3v) is 5.39. The second kappa shape index (κ2) is 8.63. The quantitative estimate of drug-likeness (QED) is 0.714. The molecule has 2 unspecified atom stereocenters. The Bertz CT molecular complexity index is 1030. The first-order valence-corrected chi connectivity index (χ1v) is 9.69. The lowest BCUT2D eigenvalue weighted by Crippen LogP contribution is -2.39. The van der Waals surface area contributed by atoms with Gasteiger partial charge in [0, 0.05) is 12.7 Å². The van der Waals surface area contributed by atoms with Crippen molar-refractivity contribution in [2.24, 2.45) is 0 Å². The number of hydrogen-bond donors (Lipinski definition) is 0. The maximum atomic E-state index is 12.7. The van der Waals surface area contributed by atoms with Crippen molar-refractivity contribution >= 4 is 5.97 Å². The first-order valence-electron chi connectivity index (χ1n) is 9.69. The molecule has 3 rings (SSSR count). The van der Waals surface area contributed by atoms with Gasteiger partial charge in [0.1, 0.15) is 6.04 Å². The van der Waals surface area contributed by atoms with Gasteiger partial charge in [-0.15, -0.1) is 0 Å². The molecule has 2 aromatic rings. The lowest BCUT2D eigenvalue weighted by Gasteiger charge is -2.27. The van der Waals surface area contributed by atoms with E-state index in [0.717, 1.165) is 22.4 Å². The average Bonchev–Trinajstić information content (AvgIpc) is 3.05. The summed E-state index contributed by atoms with van der Waals surface area (Å²) in [6.45, 7) is 4.06. The van der Waals surface area contributed by atoms with Crippen LogP contribution in [0.2, 0.25) is 0 Å². The monoisotopic (exact) mass is 385 g/mol. The number of nitriles is 2. The first-order chi connectivity index (χ1) is 14.1. The van der Waals surface area contributed by atoms with Gasteiger partial charge in [-0.05, 0) is 36.1 Å². The minimum atomic E-state index is -0.559. The standard InChI is InChI=1S/C24H23N3O2/c1-4-21-20(15-26)22(23(27(21)3)24(28)29-5-2)17-12-10-16(11-13-17)19-9-7-6-8-18(19)14-25/h6-13,22-23H,4-5H2,1-3H3. The van der Waals surface area contributed by atoms with Crippen LogP contribution in [0.4, 0.5) is 0 Å². The van der Waals surface area contributed by atoms with Crippen molar-refractivity contribution in [3.63, 3.8) is 0 Å². The summed E-state index contributed by atoms with van der Waals surface area (Å²) < 4.78 is 5.30. The highest BCUT2D eigenvalue weighted by Crippen LogP contribution is 2.42. The second-order valence-electron chi connectivity index (χ2n) is 6.89. The van der Waals surface area contributed by atoms with E-state index in [1.807, 2.05) is 61.3 Å². The van der Waals surface area contributed by atoms with Crippen molar-refractivity contribution in [3.8, 4) is 23.3 Å². The molecule has 1 aliphatic heterocycles. The fourth-order valence-electron chi connectivity index (χ4n) is 4.07. The van der Waals surface area contributed by atoms with Crippen LogP contribution in [0.1, 0.15) is 37.3 Å². The number of esters is 1. The van der Waals surface area contributed by atoms with Crippen LogP contribution in [-0.2, 0) is 9.53 Å². The molecule has 0 bridgehead atoms. The fraction of sp³-hybridized carbons (Fsp3) is 0.292. The Kier molecular flexibility index (Phi) is 6.00. The van der Waals surface area contributed by atoms with E-state index in [-0.39, 0.29) is 11.9 Å². The van der Waals surface area contributed by atoms with Crippen LogP contribution in [0.25, 0.3) is 11.1 Å². The number of likely N-dealkylation sites (N-methyl/N-ethyl adjacent to an activating group) is 1. The van der Waals surface area contributed by atoms with Gasteiger partial charge in [0.25, 0.3) is 0 Å². The Morgan fingerprint density at radius 3 is 2.34 bits per heavy atom. The summed E-state index contributed by atoms with van der Waals surface area (Å²) in [6, 6.07) is 19.2. The molecule has 0 amide bonds. The molecule has 1 aliphatic rings. The zero-order valence-electron chi connectivity index (χ0n) is 16.8. The Balaban J connectivity index is 2.04. The maximum absolute atomic E-state index is 12.7. The van der Waals surface area contributed by atoms with Gasteiger partial charge >= 0.3 is 5.97 Å². The van der Waals surface area contributed by atoms with Gasteiger partial charge in [-0.1, -0.05) is 49.4 Å². The van der Waals surface area contributed by atoms with E-state index in [1.165, 1.54) is 0 Å². The average molecular weight is 385 g/mol. The van der Waals surface area contributed by atoms with E-state index in [4.69, 9.17) is 4.74 Å². The van der Waals surface area contributed by atoms with Gasteiger partial charge < -0.3 is 9.64 Å². The number of carbonyl (C=O) groups excluding carboxylic acids is 1. The maximum Gasteiger partial charge on any atom is 0.329 e. The number of allylic oxidation sites excluding steroid dienone is 1. The van der Waals surface area contributed by atoms with Crippen molar-refractivity contribution < 1.29 is 9.53 Å². The van der Waals surface area contributed by atoms with Gasteiger partial charge in [0.15, 0.2) is 0 Å². The molecule has 0 radical (unpaired) electrons. The largest absolute Gasteiger partial charge is 0.464 e. The number of ether oxygens (including phenoxy) is 1. The Labute approximate surface area is 171 Å². The van der Waals surface area contributed by atoms with Crippen LogP contribution in [0.15, 0.2) is 59.8 Å². The van der Waals surface area contributed by atoms with Gasteiger partial charge in [-0.2, -0.15) is 10.5 Å². The topological polar surface area (TPSA) is 77.1 Å². The van der Waals surface area contributed by atoms with Crippen LogP contribution < -0.4 is 0 Å². The molecule has 146 valence electrons. The molecule has 2 aromatic carbocycles. The number of hydrogen-bond acceptors (Lipinski definition) is 5. The summed E-state index contributed by atoms with van der Waals surface area (Å²) in [7, 11) is 1.84. The second-order valence-corrected chi connectivity index (χ2v) is 6.89. The van der Waals surface area contributed by atoms with Crippen molar-refractivity contribution in [2.75, 3.05) is 13.7 Å². The molecule has 0 spiro atoms. The molecule has 5 nitrogen and oxygen atoms in total. The van der Waals surface area contributed by atoms with Crippen LogP contribution >= 0.6 is 0 Å². The Hall–Kier alpha value is -3.57. The summed E-state index contributed by atoms with van der Waals surface area (Å²) in [6.07, 6.45) is 0.666. The van der Waals surface area contributed by atoms with E-state index in [2.05, 4.69) is 12.1 Å². The van der Waals surface area contributed by atoms with Gasteiger partial charge in [0.05, 0.1) is 35.8 Å². The molecule has 5 heteroatoms. The molecule has 0 N–H and O–H groups in total. The van der Waals surface area contributed by atoms with Crippen molar-refractivity contribution in [2.45, 2.75) is 32.2 Å². The third-order valence-electron chi connectivity index (χ3n) is 5.39. The molecule has 0 saturated carbocycles. The van der Waals surface area contributed by atoms with Crippen LogP contribution in [-0.4, -0.2) is 30.6 Å². The highest BCUT2D eigenvalue weighted by Gasteiger charge is 2.44. The van der Waals surface area contributed by atoms with Gasteiger partial charge in [0.2, 0.25) is 0 Å². The molecule has 0 aromatic heterocycles. The predicted octanol–water partition coefficient (Wildman–Crippen LogP) is 4.37. The fourth-order valence-corrected chi connectivity index (χ4v) is 4.07. The van der Waals surface area contributed by atoms with Crippen LogP contribution in [0.3, 0.4) is 0 Å². The van der Waals surface area contributed by atoms with E-state index < -0.39 is 6.04 Å². The summed E-state index contributed by atoms with van der Waals surface area (Å²) >= 11 is 0. The molecule has 29 heavy (non-hydrogen) atoms. The number of rotatable bonds is 5. The minimum absolute atomic E-state index is 0.295. The molecule has 0 saturated heterocycles. The van der Waals surface area contributed by atoms with Crippen LogP contribution in [0, 0.1) is 22.7 Å². The minimum Gasteiger partial charge on any atom is -0.464 e. The zero-order chi connectivity index (χ0) is 21.0. The Morgan fingerprint density at radius 2 is 1.76 bits per heavy atom. The molecule has 2 atom stereocenters.